The molecule has 0 aliphatic heterocycles. The van der Waals surface area contributed by atoms with E-state index in [1.807, 2.05) is 37.3 Å². The molecular weight excluding hydrogens is 288 g/mol. The van der Waals surface area contributed by atoms with Gasteiger partial charge in [0.15, 0.2) is 0 Å². The molecule has 0 aliphatic carbocycles. The van der Waals surface area contributed by atoms with Crippen LogP contribution in [0.25, 0.3) is 0 Å². The Kier molecular flexibility index (Phi) is 5.77. The quantitative estimate of drug-likeness (QED) is 0.850. The number of nitrogens with one attached hydrogen (secondary N) is 2. The van der Waals surface area contributed by atoms with Crippen LogP contribution >= 0.6 is 0 Å². The topological polar surface area (TPSA) is 42.8 Å². The van der Waals surface area contributed by atoms with Gasteiger partial charge < -0.3 is 15.0 Å². The van der Waals surface area contributed by atoms with Crippen molar-refractivity contribution in [2.45, 2.75) is 20.0 Å². The van der Waals surface area contributed by atoms with Crippen LogP contribution in [-0.2, 0) is 13.1 Å². The van der Waals surface area contributed by atoms with Crippen LogP contribution in [0.2, 0.25) is 0 Å². The van der Waals surface area contributed by atoms with E-state index in [-0.39, 0.29) is 5.91 Å². The van der Waals surface area contributed by atoms with Crippen molar-refractivity contribution in [2.24, 2.45) is 0 Å². The number of amides is 1. The molecule has 0 saturated carbocycles. The molecule has 0 fully saturated rings. The summed E-state index contributed by atoms with van der Waals surface area (Å²) >= 11 is 0. The SMILES string of the molecule is COc1ccc(C)cc1C(=O)NCc1ccccc1C[NH+](C)C. The molecule has 2 aromatic carbocycles. The molecule has 4 nitrogen and oxygen atoms in total. The lowest BCUT2D eigenvalue weighted by atomic mass is 10.1. The fourth-order valence-corrected chi connectivity index (χ4v) is 2.55. The molecule has 1 amide bonds. The van der Waals surface area contributed by atoms with Crippen molar-refractivity contribution in [1.82, 2.24) is 5.32 Å². The summed E-state index contributed by atoms with van der Waals surface area (Å²) in [4.78, 5) is 13.8. The van der Waals surface area contributed by atoms with Crippen LogP contribution in [0.4, 0.5) is 0 Å². The number of carbonyl (C=O) groups excluding carboxylic acids is 1. The standard InChI is InChI=1S/C19H24N2O2/c1-14-9-10-18(23-4)17(11-14)19(22)20-12-15-7-5-6-8-16(15)13-21(2)3/h5-11H,12-13H2,1-4H3,(H,20,22)/p+1. The highest BCUT2D eigenvalue weighted by Crippen LogP contribution is 2.19. The summed E-state index contributed by atoms with van der Waals surface area (Å²) in [5.41, 5.74) is 4.01. The average Bonchev–Trinajstić information content (AvgIpc) is 2.53. The molecule has 122 valence electrons. The lowest BCUT2D eigenvalue weighted by Crippen LogP contribution is -3.04. The number of quaternary nitrogens is 1. The summed E-state index contributed by atoms with van der Waals surface area (Å²) in [7, 11) is 5.82. The number of hydrogen-bond acceptors (Lipinski definition) is 2. The number of rotatable bonds is 6. The Morgan fingerprint density at radius 2 is 1.83 bits per heavy atom. The van der Waals surface area contributed by atoms with Gasteiger partial charge in [-0.15, -0.1) is 0 Å². The van der Waals surface area contributed by atoms with Crippen molar-refractivity contribution >= 4 is 5.91 Å². The van der Waals surface area contributed by atoms with Crippen LogP contribution in [0.5, 0.6) is 5.75 Å². The lowest BCUT2D eigenvalue weighted by molar-refractivity contribution is -0.872. The van der Waals surface area contributed by atoms with Gasteiger partial charge >= 0.3 is 0 Å². The highest BCUT2D eigenvalue weighted by molar-refractivity contribution is 5.97. The summed E-state index contributed by atoms with van der Waals surface area (Å²) in [6.07, 6.45) is 0. The van der Waals surface area contributed by atoms with Crippen LogP contribution in [0.3, 0.4) is 0 Å². The third kappa shape index (κ3) is 4.57. The molecular formula is C19H25N2O2+. The van der Waals surface area contributed by atoms with Gasteiger partial charge in [-0.2, -0.15) is 0 Å². The Balaban J connectivity index is 2.12. The maximum absolute atomic E-state index is 12.5. The van der Waals surface area contributed by atoms with Crippen molar-refractivity contribution in [3.63, 3.8) is 0 Å². The van der Waals surface area contributed by atoms with Crippen molar-refractivity contribution in [3.05, 3.63) is 64.7 Å². The molecule has 0 atom stereocenters. The van der Waals surface area contributed by atoms with Crippen molar-refractivity contribution in [2.75, 3.05) is 21.2 Å². The number of ether oxygens (including phenoxy) is 1. The van der Waals surface area contributed by atoms with Crippen molar-refractivity contribution in [1.29, 1.82) is 0 Å². The molecule has 2 rings (SSSR count). The average molecular weight is 313 g/mol. The second kappa shape index (κ2) is 7.79. The van der Waals surface area contributed by atoms with Gasteiger partial charge in [0.1, 0.15) is 12.3 Å². The van der Waals surface area contributed by atoms with Gasteiger partial charge in [0.25, 0.3) is 5.91 Å². The Morgan fingerprint density at radius 1 is 1.13 bits per heavy atom. The molecule has 2 N–H and O–H groups in total. The monoisotopic (exact) mass is 313 g/mol. The predicted molar refractivity (Wildman–Crippen MR) is 91.9 cm³/mol. The van der Waals surface area contributed by atoms with Crippen LogP contribution < -0.4 is 15.0 Å². The first-order valence-corrected chi connectivity index (χ1v) is 7.80. The van der Waals surface area contributed by atoms with E-state index in [9.17, 15) is 4.79 Å². The van der Waals surface area contributed by atoms with Crippen molar-refractivity contribution < 1.29 is 14.4 Å². The molecule has 2 aromatic rings. The Bertz CT molecular complexity index is 681. The van der Waals surface area contributed by atoms with Gasteiger partial charge in [-0.1, -0.05) is 35.9 Å². The Morgan fingerprint density at radius 3 is 2.48 bits per heavy atom. The van der Waals surface area contributed by atoms with E-state index in [0.29, 0.717) is 17.9 Å². The Labute approximate surface area is 138 Å². The minimum atomic E-state index is -0.113. The first kappa shape index (κ1) is 17.0. The van der Waals surface area contributed by atoms with E-state index in [0.717, 1.165) is 17.7 Å². The first-order valence-electron chi connectivity index (χ1n) is 7.80. The molecule has 0 saturated heterocycles. The third-order valence-electron chi connectivity index (χ3n) is 3.70. The highest BCUT2D eigenvalue weighted by Gasteiger charge is 2.13. The summed E-state index contributed by atoms with van der Waals surface area (Å²) in [6, 6.07) is 13.8. The second-order valence-corrected chi connectivity index (χ2v) is 6.04. The number of aryl methyl sites for hydroxylation is 1. The molecule has 0 unspecified atom stereocenters. The van der Waals surface area contributed by atoms with E-state index in [1.165, 1.54) is 10.5 Å². The minimum absolute atomic E-state index is 0.113. The molecule has 23 heavy (non-hydrogen) atoms. The summed E-state index contributed by atoms with van der Waals surface area (Å²) in [5.74, 6) is 0.483. The molecule has 0 aromatic heterocycles. The minimum Gasteiger partial charge on any atom is -0.496 e. The van der Waals surface area contributed by atoms with Crippen LogP contribution in [0, 0.1) is 6.92 Å². The maximum Gasteiger partial charge on any atom is 0.255 e. The van der Waals surface area contributed by atoms with Gasteiger partial charge in [-0.3, -0.25) is 4.79 Å². The largest absolute Gasteiger partial charge is 0.496 e. The van der Waals surface area contributed by atoms with Crippen LogP contribution in [-0.4, -0.2) is 27.1 Å². The van der Waals surface area contributed by atoms with Gasteiger partial charge in [-0.05, 0) is 24.6 Å². The van der Waals surface area contributed by atoms with E-state index < -0.39 is 0 Å². The van der Waals surface area contributed by atoms with E-state index in [2.05, 4.69) is 31.5 Å². The third-order valence-corrected chi connectivity index (χ3v) is 3.70. The fraction of sp³-hybridized carbons (Fsp3) is 0.316. The van der Waals surface area contributed by atoms with Gasteiger partial charge in [-0.25, -0.2) is 0 Å². The summed E-state index contributed by atoms with van der Waals surface area (Å²) in [5, 5.41) is 3.00. The van der Waals surface area contributed by atoms with Crippen LogP contribution in [0.1, 0.15) is 27.0 Å². The maximum atomic E-state index is 12.5. The number of benzene rings is 2. The summed E-state index contributed by atoms with van der Waals surface area (Å²) in [6.45, 7) is 3.41. The van der Waals surface area contributed by atoms with Crippen molar-refractivity contribution in [3.8, 4) is 5.75 Å². The number of hydrogen-bond donors (Lipinski definition) is 2. The zero-order valence-electron chi connectivity index (χ0n) is 14.3. The number of carbonyl (C=O) groups is 1. The zero-order valence-corrected chi connectivity index (χ0v) is 14.3. The lowest BCUT2D eigenvalue weighted by Gasteiger charge is -2.14. The Hall–Kier alpha value is -2.33. The highest BCUT2D eigenvalue weighted by atomic mass is 16.5. The fourth-order valence-electron chi connectivity index (χ4n) is 2.55. The number of methoxy groups -OCH3 is 1. The van der Waals surface area contributed by atoms with Gasteiger partial charge in [0.05, 0.1) is 26.8 Å². The molecule has 0 aliphatic rings. The molecule has 4 heteroatoms. The predicted octanol–water partition coefficient (Wildman–Crippen LogP) is 1.58. The van der Waals surface area contributed by atoms with E-state index in [1.54, 1.807) is 7.11 Å². The first-order chi connectivity index (χ1) is 11.0. The molecule has 0 radical (unpaired) electrons. The molecule has 0 heterocycles. The molecule has 0 bridgehead atoms. The zero-order chi connectivity index (χ0) is 16.8. The van der Waals surface area contributed by atoms with E-state index in [4.69, 9.17) is 4.74 Å². The smallest absolute Gasteiger partial charge is 0.255 e. The second-order valence-electron chi connectivity index (χ2n) is 6.04. The van der Waals surface area contributed by atoms with E-state index >= 15 is 0 Å². The molecule has 0 spiro atoms. The normalized spacial score (nSPS) is 10.7. The van der Waals surface area contributed by atoms with Gasteiger partial charge in [0, 0.05) is 12.1 Å². The summed E-state index contributed by atoms with van der Waals surface area (Å²) < 4.78 is 5.29. The van der Waals surface area contributed by atoms with Crippen LogP contribution in [0.15, 0.2) is 42.5 Å². The van der Waals surface area contributed by atoms with Gasteiger partial charge in [0.2, 0.25) is 0 Å².